The standard InChI is InChI=1S/C15H15BrFNO/c1-10(19)14-8-7-13(9-15(14)16)18(2)12-5-3-11(17)4-6-12/h3-10,19H,1-2H3/t10-/m0/s1. The van der Waals surface area contributed by atoms with Gasteiger partial charge in [-0.3, -0.25) is 0 Å². The first-order chi connectivity index (χ1) is 8.99. The molecule has 19 heavy (non-hydrogen) atoms. The molecular formula is C15H15BrFNO. The Bertz CT molecular complexity index is 569. The first kappa shape index (κ1) is 14.0. The normalized spacial score (nSPS) is 12.3. The van der Waals surface area contributed by atoms with Crippen LogP contribution in [0.2, 0.25) is 0 Å². The average Bonchev–Trinajstić information content (AvgIpc) is 2.38. The van der Waals surface area contributed by atoms with Gasteiger partial charge in [-0.05, 0) is 48.9 Å². The van der Waals surface area contributed by atoms with E-state index in [2.05, 4.69) is 15.9 Å². The van der Waals surface area contributed by atoms with Gasteiger partial charge in [0.2, 0.25) is 0 Å². The molecule has 0 saturated heterocycles. The summed E-state index contributed by atoms with van der Waals surface area (Å²) >= 11 is 3.45. The molecule has 0 heterocycles. The minimum absolute atomic E-state index is 0.247. The lowest BCUT2D eigenvalue weighted by Crippen LogP contribution is -2.09. The Morgan fingerprint density at radius 3 is 2.21 bits per heavy atom. The van der Waals surface area contributed by atoms with E-state index >= 15 is 0 Å². The van der Waals surface area contributed by atoms with Crippen molar-refractivity contribution in [1.29, 1.82) is 0 Å². The van der Waals surface area contributed by atoms with Crippen molar-refractivity contribution in [1.82, 2.24) is 0 Å². The van der Waals surface area contributed by atoms with Crippen LogP contribution >= 0.6 is 15.9 Å². The van der Waals surface area contributed by atoms with E-state index in [1.54, 1.807) is 19.1 Å². The molecule has 4 heteroatoms. The number of benzene rings is 2. The van der Waals surface area contributed by atoms with Crippen LogP contribution in [0.25, 0.3) is 0 Å². The molecule has 2 rings (SSSR count). The molecule has 0 spiro atoms. The van der Waals surface area contributed by atoms with Gasteiger partial charge in [0.25, 0.3) is 0 Å². The van der Waals surface area contributed by atoms with Gasteiger partial charge in [-0.15, -0.1) is 0 Å². The number of rotatable bonds is 3. The molecule has 0 fully saturated rings. The SMILES string of the molecule is C[C@H](O)c1ccc(N(C)c2ccc(F)cc2)cc1Br. The van der Waals surface area contributed by atoms with Crippen LogP contribution in [0.4, 0.5) is 15.8 Å². The summed E-state index contributed by atoms with van der Waals surface area (Å²) in [7, 11) is 1.91. The van der Waals surface area contributed by atoms with Gasteiger partial charge in [-0.25, -0.2) is 4.39 Å². The molecule has 0 aliphatic heterocycles. The number of aliphatic hydroxyl groups excluding tert-OH is 1. The van der Waals surface area contributed by atoms with E-state index in [4.69, 9.17) is 0 Å². The van der Waals surface area contributed by atoms with Crippen molar-refractivity contribution in [2.24, 2.45) is 0 Å². The van der Waals surface area contributed by atoms with Gasteiger partial charge in [0.15, 0.2) is 0 Å². The maximum atomic E-state index is 12.9. The van der Waals surface area contributed by atoms with Gasteiger partial charge in [-0.1, -0.05) is 22.0 Å². The summed E-state index contributed by atoms with van der Waals surface area (Å²) in [6.45, 7) is 1.73. The Morgan fingerprint density at radius 1 is 1.11 bits per heavy atom. The van der Waals surface area contributed by atoms with Gasteiger partial charge in [-0.2, -0.15) is 0 Å². The van der Waals surface area contributed by atoms with Crippen LogP contribution < -0.4 is 4.90 Å². The first-order valence-electron chi connectivity index (χ1n) is 5.96. The molecule has 2 aromatic rings. The van der Waals surface area contributed by atoms with E-state index in [1.807, 2.05) is 30.1 Å². The highest BCUT2D eigenvalue weighted by Crippen LogP contribution is 2.30. The number of aliphatic hydroxyl groups is 1. The molecule has 0 aliphatic carbocycles. The quantitative estimate of drug-likeness (QED) is 0.904. The summed E-state index contributed by atoms with van der Waals surface area (Å²) in [6, 6.07) is 12.1. The summed E-state index contributed by atoms with van der Waals surface area (Å²) in [4.78, 5) is 1.95. The van der Waals surface area contributed by atoms with Gasteiger partial charge in [0.05, 0.1) is 6.10 Å². The van der Waals surface area contributed by atoms with E-state index in [0.717, 1.165) is 21.4 Å². The van der Waals surface area contributed by atoms with Crippen molar-refractivity contribution in [2.75, 3.05) is 11.9 Å². The Labute approximate surface area is 120 Å². The third kappa shape index (κ3) is 3.14. The van der Waals surface area contributed by atoms with Crippen LogP contribution in [-0.2, 0) is 0 Å². The lowest BCUT2D eigenvalue weighted by Gasteiger charge is -2.21. The van der Waals surface area contributed by atoms with Crippen LogP contribution in [0.3, 0.4) is 0 Å². The smallest absolute Gasteiger partial charge is 0.123 e. The molecule has 100 valence electrons. The number of nitrogens with zero attached hydrogens (tertiary/aromatic N) is 1. The second-order valence-corrected chi connectivity index (χ2v) is 5.27. The van der Waals surface area contributed by atoms with Gasteiger partial charge < -0.3 is 10.0 Å². The first-order valence-corrected chi connectivity index (χ1v) is 6.75. The summed E-state index contributed by atoms with van der Waals surface area (Å²) < 4.78 is 13.8. The van der Waals surface area contributed by atoms with E-state index in [0.29, 0.717) is 0 Å². The maximum absolute atomic E-state index is 12.9. The van der Waals surface area contributed by atoms with Crippen molar-refractivity contribution in [3.8, 4) is 0 Å². The van der Waals surface area contributed by atoms with Crippen molar-refractivity contribution in [2.45, 2.75) is 13.0 Å². The predicted octanol–water partition coefficient (Wildman–Crippen LogP) is 4.41. The Balaban J connectivity index is 2.31. The molecule has 1 atom stereocenters. The number of hydrogen-bond acceptors (Lipinski definition) is 2. The van der Waals surface area contributed by atoms with E-state index in [9.17, 15) is 9.50 Å². The highest BCUT2D eigenvalue weighted by Gasteiger charge is 2.10. The lowest BCUT2D eigenvalue weighted by molar-refractivity contribution is 0.198. The zero-order valence-electron chi connectivity index (χ0n) is 10.8. The van der Waals surface area contributed by atoms with Crippen LogP contribution in [0, 0.1) is 5.82 Å². The Kier molecular flexibility index (Phi) is 4.22. The third-order valence-corrected chi connectivity index (χ3v) is 3.72. The Hall–Kier alpha value is -1.39. The molecule has 2 aromatic carbocycles. The summed E-state index contributed by atoms with van der Waals surface area (Å²) in [5.41, 5.74) is 2.71. The molecule has 1 N–H and O–H groups in total. The molecule has 0 amide bonds. The number of halogens is 2. The molecule has 2 nitrogen and oxygen atoms in total. The highest BCUT2D eigenvalue weighted by atomic mass is 79.9. The highest BCUT2D eigenvalue weighted by molar-refractivity contribution is 9.10. The topological polar surface area (TPSA) is 23.5 Å². The third-order valence-electron chi connectivity index (χ3n) is 3.04. The van der Waals surface area contributed by atoms with Crippen LogP contribution in [0.1, 0.15) is 18.6 Å². The van der Waals surface area contributed by atoms with Crippen molar-refractivity contribution >= 4 is 27.3 Å². The fourth-order valence-electron chi connectivity index (χ4n) is 1.88. The minimum atomic E-state index is -0.514. The average molecular weight is 324 g/mol. The Morgan fingerprint density at radius 2 is 1.68 bits per heavy atom. The van der Waals surface area contributed by atoms with Gasteiger partial charge in [0.1, 0.15) is 5.82 Å². The largest absolute Gasteiger partial charge is 0.389 e. The predicted molar refractivity (Wildman–Crippen MR) is 79.2 cm³/mol. The fourth-order valence-corrected chi connectivity index (χ4v) is 2.58. The zero-order chi connectivity index (χ0) is 14.0. The molecule has 0 saturated carbocycles. The van der Waals surface area contributed by atoms with Gasteiger partial charge in [0, 0.05) is 22.9 Å². The van der Waals surface area contributed by atoms with Crippen molar-refractivity contribution < 1.29 is 9.50 Å². The van der Waals surface area contributed by atoms with E-state index in [1.165, 1.54) is 12.1 Å². The minimum Gasteiger partial charge on any atom is -0.389 e. The summed E-state index contributed by atoms with van der Waals surface area (Å²) in [5, 5.41) is 9.60. The summed E-state index contributed by atoms with van der Waals surface area (Å²) in [5.74, 6) is -0.247. The molecule has 0 aromatic heterocycles. The lowest BCUT2D eigenvalue weighted by atomic mass is 10.1. The van der Waals surface area contributed by atoms with Crippen LogP contribution in [-0.4, -0.2) is 12.2 Å². The van der Waals surface area contributed by atoms with E-state index < -0.39 is 6.10 Å². The molecule has 0 unspecified atom stereocenters. The monoisotopic (exact) mass is 323 g/mol. The van der Waals surface area contributed by atoms with Crippen LogP contribution in [0.5, 0.6) is 0 Å². The van der Waals surface area contributed by atoms with Crippen LogP contribution in [0.15, 0.2) is 46.9 Å². The molecule has 0 radical (unpaired) electrons. The second kappa shape index (κ2) is 5.72. The molecule has 0 bridgehead atoms. The van der Waals surface area contributed by atoms with Gasteiger partial charge >= 0.3 is 0 Å². The molecular weight excluding hydrogens is 309 g/mol. The van der Waals surface area contributed by atoms with Crippen molar-refractivity contribution in [3.63, 3.8) is 0 Å². The second-order valence-electron chi connectivity index (χ2n) is 4.42. The fraction of sp³-hybridized carbons (Fsp3) is 0.200. The zero-order valence-corrected chi connectivity index (χ0v) is 12.4. The number of anilines is 2. The summed E-state index contributed by atoms with van der Waals surface area (Å²) in [6.07, 6.45) is -0.514. The van der Waals surface area contributed by atoms with E-state index in [-0.39, 0.29) is 5.82 Å². The maximum Gasteiger partial charge on any atom is 0.123 e. The molecule has 0 aliphatic rings. The number of hydrogen-bond donors (Lipinski definition) is 1. The van der Waals surface area contributed by atoms with Crippen molar-refractivity contribution in [3.05, 3.63) is 58.3 Å².